The number of ether oxygens (including phenoxy) is 2. The van der Waals surface area contributed by atoms with Gasteiger partial charge in [0.1, 0.15) is 11.8 Å². The van der Waals surface area contributed by atoms with Gasteiger partial charge in [0, 0.05) is 24.7 Å². The Morgan fingerprint density at radius 2 is 1.89 bits per heavy atom. The van der Waals surface area contributed by atoms with E-state index in [1.165, 1.54) is 25.3 Å². The molecule has 1 aliphatic rings. The second-order valence-corrected chi connectivity index (χ2v) is 8.62. The Bertz CT molecular complexity index is 1010. The van der Waals surface area contributed by atoms with E-state index in [-0.39, 0.29) is 41.6 Å². The molecule has 2 aromatic rings. The van der Waals surface area contributed by atoms with Crippen LogP contribution in [0.25, 0.3) is 0 Å². The van der Waals surface area contributed by atoms with Crippen LogP contribution in [0.5, 0.6) is 11.5 Å². The average Bonchev–Trinajstić information content (AvgIpc) is 3.38. The van der Waals surface area contributed by atoms with E-state index in [1.54, 1.807) is 4.90 Å². The van der Waals surface area contributed by atoms with Gasteiger partial charge < -0.3 is 19.7 Å². The normalized spacial score (nSPS) is 14.2. The van der Waals surface area contributed by atoms with Crippen molar-refractivity contribution in [3.05, 3.63) is 64.2 Å². The number of benzene rings is 2. The Balaban J connectivity index is 1.72. The van der Waals surface area contributed by atoms with Gasteiger partial charge in [0.25, 0.3) is 5.91 Å². The molecule has 1 fully saturated rings. The number of hydrogen-bond donors (Lipinski definition) is 1. The molecule has 3 rings (SSSR count). The molecule has 1 N–H and O–H groups in total. The smallest absolute Gasteiger partial charge is 0.311 e. The lowest BCUT2D eigenvalue weighted by Gasteiger charge is -2.31. The van der Waals surface area contributed by atoms with Crippen LogP contribution in [0.1, 0.15) is 44.6 Å². The third-order valence-corrected chi connectivity index (χ3v) is 6.28. The molecule has 1 saturated carbocycles. The molecule has 2 amide bonds. The molecular weight excluding hydrogens is 450 g/mol. The first-order valence-corrected chi connectivity index (χ1v) is 12.0. The Kier molecular flexibility index (Phi) is 9.46. The van der Waals surface area contributed by atoms with E-state index in [4.69, 9.17) is 9.47 Å². The van der Waals surface area contributed by atoms with Crippen molar-refractivity contribution in [3.8, 4) is 11.5 Å². The fourth-order valence-corrected chi connectivity index (χ4v) is 4.39. The van der Waals surface area contributed by atoms with Crippen LogP contribution in [0.3, 0.4) is 0 Å². The van der Waals surface area contributed by atoms with Crippen molar-refractivity contribution in [3.63, 3.8) is 0 Å². The quantitative estimate of drug-likeness (QED) is 0.362. The molecule has 188 valence electrons. The van der Waals surface area contributed by atoms with Crippen LogP contribution in [0.2, 0.25) is 0 Å². The summed E-state index contributed by atoms with van der Waals surface area (Å²) in [5.74, 6) is -0.153. The van der Waals surface area contributed by atoms with E-state index in [0.29, 0.717) is 19.4 Å². The number of nitrogens with zero attached hydrogens (tertiary/aromatic N) is 2. The maximum Gasteiger partial charge on any atom is 0.311 e. The highest BCUT2D eigenvalue weighted by Crippen LogP contribution is 2.30. The van der Waals surface area contributed by atoms with Crippen LogP contribution in [0.15, 0.2) is 48.5 Å². The maximum absolute atomic E-state index is 13.3. The van der Waals surface area contributed by atoms with Gasteiger partial charge in [0.15, 0.2) is 6.61 Å². The number of carbonyl (C=O) groups is 2. The maximum atomic E-state index is 13.3. The van der Waals surface area contributed by atoms with E-state index in [0.717, 1.165) is 31.2 Å². The zero-order valence-corrected chi connectivity index (χ0v) is 20.3. The molecule has 0 aliphatic heterocycles. The zero-order valence-electron chi connectivity index (χ0n) is 20.3. The number of carbonyl (C=O) groups excluding carboxylic acids is 2. The summed E-state index contributed by atoms with van der Waals surface area (Å²) in [5.41, 5.74) is 0.877. The van der Waals surface area contributed by atoms with Gasteiger partial charge in [-0.05, 0) is 37.3 Å². The van der Waals surface area contributed by atoms with Gasteiger partial charge in [0.05, 0.1) is 12.0 Å². The molecule has 0 saturated heterocycles. The van der Waals surface area contributed by atoms with Crippen molar-refractivity contribution in [2.75, 3.05) is 20.3 Å². The molecule has 1 aliphatic carbocycles. The van der Waals surface area contributed by atoms with Gasteiger partial charge in [-0.2, -0.15) is 0 Å². The molecule has 1 atom stereocenters. The minimum atomic E-state index is -0.609. The van der Waals surface area contributed by atoms with Crippen molar-refractivity contribution in [2.24, 2.45) is 0 Å². The molecule has 0 bridgehead atoms. The standard InChI is InChI=1S/C26H33N3O6/c1-3-22(26(31)27-20-11-7-8-12-20)28(16-15-19-9-5-4-6-10-19)25(30)18-35-21-13-14-23(29(32)33)24(17-21)34-2/h4-6,9-10,13-14,17,20,22H,3,7-8,11-12,15-16,18H2,1-2H3,(H,27,31)/t22-/m1/s1. The van der Waals surface area contributed by atoms with Crippen molar-refractivity contribution in [2.45, 2.75) is 57.5 Å². The van der Waals surface area contributed by atoms with Gasteiger partial charge in [-0.1, -0.05) is 50.1 Å². The summed E-state index contributed by atoms with van der Waals surface area (Å²) in [4.78, 5) is 38.6. The minimum Gasteiger partial charge on any atom is -0.490 e. The monoisotopic (exact) mass is 483 g/mol. The fraction of sp³-hybridized carbons (Fsp3) is 0.462. The van der Waals surface area contributed by atoms with E-state index < -0.39 is 11.0 Å². The predicted molar refractivity (Wildman–Crippen MR) is 131 cm³/mol. The summed E-state index contributed by atoms with van der Waals surface area (Å²) < 4.78 is 10.7. The van der Waals surface area contributed by atoms with Crippen molar-refractivity contribution >= 4 is 17.5 Å². The Morgan fingerprint density at radius 3 is 2.51 bits per heavy atom. The van der Waals surface area contributed by atoms with Crippen LogP contribution in [0.4, 0.5) is 5.69 Å². The van der Waals surface area contributed by atoms with Crippen LogP contribution in [-0.4, -0.2) is 54.0 Å². The molecular formula is C26H33N3O6. The predicted octanol–water partition coefficient (Wildman–Crippen LogP) is 3.89. The van der Waals surface area contributed by atoms with Crippen LogP contribution in [0, 0.1) is 10.1 Å². The molecule has 0 spiro atoms. The zero-order chi connectivity index (χ0) is 25.2. The summed E-state index contributed by atoms with van der Waals surface area (Å²) >= 11 is 0. The molecule has 0 unspecified atom stereocenters. The van der Waals surface area contributed by atoms with Gasteiger partial charge in [0.2, 0.25) is 11.7 Å². The number of rotatable bonds is 12. The SMILES string of the molecule is CC[C@H](C(=O)NC1CCCC1)N(CCc1ccccc1)C(=O)COc1ccc([N+](=O)[O-])c(OC)c1. The first kappa shape index (κ1) is 26.0. The third kappa shape index (κ3) is 7.18. The van der Waals surface area contributed by atoms with E-state index >= 15 is 0 Å². The Hall–Kier alpha value is -3.62. The number of methoxy groups -OCH3 is 1. The van der Waals surface area contributed by atoms with E-state index in [1.807, 2.05) is 37.3 Å². The number of hydrogen-bond acceptors (Lipinski definition) is 6. The minimum absolute atomic E-state index is 0.0447. The van der Waals surface area contributed by atoms with Gasteiger partial charge in [-0.15, -0.1) is 0 Å². The molecule has 9 nitrogen and oxygen atoms in total. The largest absolute Gasteiger partial charge is 0.490 e. The van der Waals surface area contributed by atoms with Crippen molar-refractivity contribution in [1.29, 1.82) is 0 Å². The summed E-state index contributed by atoms with van der Waals surface area (Å²) in [6.07, 6.45) is 5.21. The lowest BCUT2D eigenvalue weighted by molar-refractivity contribution is -0.385. The molecule has 0 heterocycles. The van der Waals surface area contributed by atoms with Gasteiger partial charge in [-0.3, -0.25) is 19.7 Å². The number of nitrogens with one attached hydrogen (secondary N) is 1. The molecule has 2 aromatic carbocycles. The van der Waals surface area contributed by atoms with Gasteiger partial charge in [-0.25, -0.2) is 0 Å². The van der Waals surface area contributed by atoms with Crippen LogP contribution in [-0.2, 0) is 16.0 Å². The highest BCUT2D eigenvalue weighted by molar-refractivity contribution is 5.88. The summed E-state index contributed by atoms with van der Waals surface area (Å²) in [6, 6.07) is 13.4. The summed E-state index contributed by atoms with van der Waals surface area (Å²) in [5, 5.41) is 14.2. The highest BCUT2D eigenvalue weighted by Gasteiger charge is 2.30. The lowest BCUT2D eigenvalue weighted by Crippen LogP contribution is -2.52. The molecule has 35 heavy (non-hydrogen) atoms. The fourth-order valence-electron chi connectivity index (χ4n) is 4.39. The molecule has 0 radical (unpaired) electrons. The van der Waals surface area contributed by atoms with E-state index in [2.05, 4.69) is 5.32 Å². The molecule has 9 heteroatoms. The Morgan fingerprint density at radius 1 is 1.17 bits per heavy atom. The number of nitro groups is 1. The lowest BCUT2D eigenvalue weighted by atomic mass is 10.1. The number of amides is 2. The van der Waals surface area contributed by atoms with E-state index in [9.17, 15) is 19.7 Å². The average molecular weight is 484 g/mol. The third-order valence-electron chi connectivity index (χ3n) is 6.28. The summed E-state index contributed by atoms with van der Waals surface area (Å²) in [7, 11) is 1.33. The summed E-state index contributed by atoms with van der Waals surface area (Å²) in [6.45, 7) is 1.96. The second kappa shape index (κ2) is 12.7. The number of nitro benzene ring substituents is 1. The Labute approximate surface area is 205 Å². The first-order chi connectivity index (χ1) is 16.9. The topological polar surface area (TPSA) is 111 Å². The first-order valence-electron chi connectivity index (χ1n) is 12.0. The van der Waals surface area contributed by atoms with Crippen molar-refractivity contribution in [1.82, 2.24) is 10.2 Å². The highest BCUT2D eigenvalue weighted by atomic mass is 16.6. The van der Waals surface area contributed by atoms with Crippen LogP contribution >= 0.6 is 0 Å². The molecule has 0 aromatic heterocycles. The van der Waals surface area contributed by atoms with Crippen LogP contribution < -0.4 is 14.8 Å². The van der Waals surface area contributed by atoms with Gasteiger partial charge >= 0.3 is 5.69 Å². The van der Waals surface area contributed by atoms with Crippen molar-refractivity contribution < 1.29 is 24.0 Å². The second-order valence-electron chi connectivity index (χ2n) is 8.62.